The maximum atomic E-state index is 12.4. The zero-order chi connectivity index (χ0) is 24.9. The van der Waals surface area contributed by atoms with E-state index in [0.717, 1.165) is 16.8 Å². The number of hydrogen-bond donors (Lipinski definition) is 1. The van der Waals surface area contributed by atoms with Crippen LogP contribution in [0.25, 0.3) is 17.1 Å². The number of amides is 1. The number of thioether (sulfide) groups is 1. The number of halogens is 2. The van der Waals surface area contributed by atoms with Crippen molar-refractivity contribution in [2.24, 2.45) is 0 Å². The van der Waals surface area contributed by atoms with Crippen molar-refractivity contribution in [2.45, 2.75) is 17.5 Å². The van der Waals surface area contributed by atoms with Gasteiger partial charge in [-0.15, -0.1) is 10.2 Å². The largest absolute Gasteiger partial charge is 0.467 e. The predicted octanol–water partition coefficient (Wildman–Crippen LogP) is 7.06. The van der Waals surface area contributed by atoms with Gasteiger partial charge in [0.2, 0.25) is 0 Å². The maximum Gasteiger partial charge on any atom is 0.251 e. The van der Waals surface area contributed by atoms with E-state index >= 15 is 0 Å². The van der Waals surface area contributed by atoms with Gasteiger partial charge >= 0.3 is 0 Å². The third-order valence-corrected chi connectivity index (χ3v) is 6.97. The summed E-state index contributed by atoms with van der Waals surface area (Å²) in [6.07, 6.45) is 1.58. The highest BCUT2D eigenvalue weighted by molar-refractivity contribution is 7.98. The number of rotatable bonds is 8. The molecule has 0 spiro atoms. The summed E-state index contributed by atoms with van der Waals surface area (Å²) < 4.78 is 7.20. The van der Waals surface area contributed by atoms with Gasteiger partial charge in [0, 0.05) is 21.9 Å². The molecule has 0 atom stereocenters. The standard InChI is InChI=1S/C27H20Cl2N4O2S/c28-20-5-3-6-21(15-20)33-25(23-8-1-2-9-24(23)29)31-32-27(33)36-17-18-10-12-19(13-11-18)26(34)30-16-22-7-4-14-35-22/h1-15H,16-17H2,(H,30,34). The summed E-state index contributed by atoms with van der Waals surface area (Å²) in [4.78, 5) is 12.4. The lowest BCUT2D eigenvalue weighted by Crippen LogP contribution is -2.22. The van der Waals surface area contributed by atoms with Gasteiger partial charge in [0.25, 0.3) is 5.91 Å². The Bertz CT molecular complexity index is 1480. The van der Waals surface area contributed by atoms with Gasteiger partial charge in [-0.1, -0.05) is 65.3 Å². The lowest BCUT2D eigenvalue weighted by Gasteiger charge is -2.12. The quantitative estimate of drug-likeness (QED) is 0.216. The zero-order valence-electron chi connectivity index (χ0n) is 18.9. The van der Waals surface area contributed by atoms with Gasteiger partial charge < -0.3 is 9.73 Å². The predicted molar refractivity (Wildman–Crippen MR) is 143 cm³/mol. The van der Waals surface area contributed by atoms with E-state index in [1.807, 2.05) is 83.4 Å². The lowest BCUT2D eigenvalue weighted by molar-refractivity contribution is 0.0948. The van der Waals surface area contributed by atoms with Crippen molar-refractivity contribution >= 4 is 40.9 Å². The van der Waals surface area contributed by atoms with Crippen molar-refractivity contribution in [2.75, 3.05) is 0 Å². The molecular weight excluding hydrogens is 515 g/mol. The summed E-state index contributed by atoms with van der Waals surface area (Å²) in [7, 11) is 0. The van der Waals surface area contributed by atoms with Crippen LogP contribution in [0, 0.1) is 0 Å². The third-order valence-electron chi connectivity index (χ3n) is 5.40. The minimum Gasteiger partial charge on any atom is -0.467 e. The summed E-state index contributed by atoms with van der Waals surface area (Å²) in [5.41, 5.74) is 3.25. The van der Waals surface area contributed by atoms with Gasteiger partial charge in [-0.3, -0.25) is 9.36 Å². The Morgan fingerprint density at radius 3 is 2.53 bits per heavy atom. The van der Waals surface area contributed by atoms with Gasteiger partial charge in [0.1, 0.15) is 5.76 Å². The van der Waals surface area contributed by atoms with Crippen LogP contribution in [0.3, 0.4) is 0 Å². The molecule has 5 aromatic rings. The molecular formula is C27H20Cl2N4O2S. The second-order valence-corrected chi connectivity index (χ2v) is 9.64. The second-order valence-electron chi connectivity index (χ2n) is 7.85. The number of nitrogens with one attached hydrogen (secondary N) is 1. The Hall–Kier alpha value is -3.52. The monoisotopic (exact) mass is 534 g/mol. The molecule has 0 aliphatic rings. The number of carbonyl (C=O) groups excluding carboxylic acids is 1. The first-order valence-electron chi connectivity index (χ1n) is 11.1. The average Bonchev–Trinajstić information content (AvgIpc) is 3.57. The molecule has 0 aliphatic carbocycles. The molecule has 2 heterocycles. The second kappa shape index (κ2) is 11.0. The Morgan fingerprint density at radius 1 is 0.944 bits per heavy atom. The summed E-state index contributed by atoms with van der Waals surface area (Å²) >= 11 is 14.3. The molecule has 0 saturated carbocycles. The molecule has 1 amide bonds. The van der Waals surface area contributed by atoms with Crippen molar-refractivity contribution in [1.29, 1.82) is 0 Å². The molecule has 0 fully saturated rings. The normalized spacial score (nSPS) is 10.9. The van der Waals surface area contributed by atoms with E-state index in [1.165, 1.54) is 11.8 Å². The number of nitrogens with zero attached hydrogens (tertiary/aromatic N) is 3. The summed E-state index contributed by atoms with van der Waals surface area (Å²) in [5, 5.41) is 13.7. The van der Waals surface area contributed by atoms with E-state index in [-0.39, 0.29) is 5.91 Å². The van der Waals surface area contributed by atoms with Crippen LogP contribution < -0.4 is 5.32 Å². The van der Waals surface area contributed by atoms with Crippen LogP contribution in [-0.4, -0.2) is 20.7 Å². The molecule has 0 bridgehead atoms. The van der Waals surface area contributed by atoms with Gasteiger partial charge in [-0.25, -0.2) is 0 Å². The highest BCUT2D eigenvalue weighted by atomic mass is 35.5. The van der Waals surface area contributed by atoms with Crippen LogP contribution in [0.5, 0.6) is 0 Å². The lowest BCUT2D eigenvalue weighted by atomic mass is 10.1. The fraction of sp³-hybridized carbons (Fsp3) is 0.0741. The first kappa shape index (κ1) is 24.2. The molecule has 0 radical (unpaired) electrons. The van der Waals surface area contributed by atoms with E-state index in [2.05, 4.69) is 15.5 Å². The Balaban J connectivity index is 1.34. The smallest absolute Gasteiger partial charge is 0.251 e. The van der Waals surface area contributed by atoms with E-state index in [0.29, 0.717) is 44.6 Å². The Labute approximate surface area is 222 Å². The molecule has 0 aliphatic heterocycles. The number of carbonyl (C=O) groups is 1. The summed E-state index contributed by atoms with van der Waals surface area (Å²) in [5.74, 6) is 1.82. The Morgan fingerprint density at radius 2 is 1.78 bits per heavy atom. The SMILES string of the molecule is O=C(NCc1ccco1)c1ccc(CSc2nnc(-c3ccccc3Cl)n2-c2cccc(Cl)c2)cc1. The zero-order valence-corrected chi connectivity index (χ0v) is 21.2. The summed E-state index contributed by atoms with van der Waals surface area (Å²) in [6.45, 7) is 0.344. The summed E-state index contributed by atoms with van der Waals surface area (Å²) in [6, 6.07) is 26.2. The number of hydrogen-bond acceptors (Lipinski definition) is 5. The van der Waals surface area contributed by atoms with Crippen molar-refractivity contribution in [1.82, 2.24) is 20.1 Å². The van der Waals surface area contributed by atoms with Gasteiger partial charge in [0.15, 0.2) is 11.0 Å². The number of benzene rings is 3. The van der Waals surface area contributed by atoms with E-state index in [9.17, 15) is 4.79 Å². The van der Waals surface area contributed by atoms with Crippen LogP contribution in [-0.2, 0) is 12.3 Å². The fourth-order valence-corrected chi connectivity index (χ4v) is 4.92. The molecule has 180 valence electrons. The van der Waals surface area contributed by atoms with Crippen LogP contribution in [0.2, 0.25) is 10.0 Å². The van der Waals surface area contributed by atoms with Crippen molar-refractivity contribution in [3.63, 3.8) is 0 Å². The van der Waals surface area contributed by atoms with Crippen molar-refractivity contribution < 1.29 is 9.21 Å². The van der Waals surface area contributed by atoms with Gasteiger partial charge in [0.05, 0.1) is 23.5 Å². The minimum atomic E-state index is -0.157. The molecule has 2 aromatic heterocycles. The Kier molecular flexibility index (Phi) is 7.41. The van der Waals surface area contributed by atoms with Crippen molar-refractivity contribution in [3.05, 3.63) is 118 Å². The van der Waals surface area contributed by atoms with Crippen molar-refractivity contribution in [3.8, 4) is 17.1 Å². The van der Waals surface area contributed by atoms with Gasteiger partial charge in [-0.05, 0) is 60.2 Å². The number of furan rings is 1. The van der Waals surface area contributed by atoms with E-state index < -0.39 is 0 Å². The molecule has 0 unspecified atom stereocenters. The van der Waals surface area contributed by atoms with E-state index in [1.54, 1.807) is 12.3 Å². The highest BCUT2D eigenvalue weighted by Crippen LogP contribution is 2.33. The molecule has 5 rings (SSSR count). The first-order chi connectivity index (χ1) is 17.6. The van der Waals surface area contributed by atoms with Crippen LogP contribution in [0.4, 0.5) is 0 Å². The van der Waals surface area contributed by atoms with Crippen LogP contribution >= 0.6 is 35.0 Å². The van der Waals surface area contributed by atoms with Crippen LogP contribution in [0.15, 0.2) is 101 Å². The maximum absolute atomic E-state index is 12.4. The topological polar surface area (TPSA) is 73.0 Å². The molecule has 3 aromatic carbocycles. The van der Waals surface area contributed by atoms with Gasteiger partial charge in [-0.2, -0.15) is 0 Å². The first-order valence-corrected chi connectivity index (χ1v) is 12.8. The highest BCUT2D eigenvalue weighted by Gasteiger charge is 2.18. The molecule has 1 N–H and O–H groups in total. The molecule has 9 heteroatoms. The van der Waals surface area contributed by atoms with Crippen LogP contribution in [0.1, 0.15) is 21.7 Å². The van der Waals surface area contributed by atoms with E-state index in [4.69, 9.17) is 27.6 Å². The number of aromatic nitrogens is 3. The average molecular weight is 535 g/mol. The fourth-order valence-electron chi connectivity index (χ4n) is 3.61. The molecule has 0 saturated heterocycles. The molecule has 6 nitrogen and oxygen atoms in total. The minimum absolute atomic E-state index is 0.157. The molecule has 36 heavy (non-hydrogen) atoms. The third kappa shape index (κ3) is 5.49.